The Balaban J connectivity index is 2.00. The zero-order valence-electron chi connectivity index (χ0n) is 11.1. The number of rotatable bonds is 5. The minimum absolute atomic E-state index is 0.539. The maximum absolute atomic E-state index is 5.25. The van der Waals surface area contributed by atoms with Crippen LogP contribution >= 0.6 is 23.1 Å². The number of fused-ring (bicyclic) bond motifs is 1. The van der Waals surface area contributed by atoms with E-state index in [9.17, 15) is 0 Å². The second-order valence-corrected chi connectivity index (χ2v) is 6.85. The summed E-state index contributed by atoms with van der Waals surface area (Å²) in [6.45, 7) is 6.74. The molecule has 0 atom stereocenters. The molecule has 0 spiro atoms. The highest BCUT2D eigenvalue weighted by molar-refractivity contribution is 8.00. The van der Waals surface area contributed by atoms with Crippen molar-refractivity contribution in [1.29, 1.82) is 0 Å². The van der Waals surface area contributed by atoms with Gasteiger partial charge in [-0.1, -0.05) is 18.7 Å². The summed E-state index contributed by atoms with van der Waals surface area (Å²) in [4.78, 5) is 11.7. The molecule has 6 heteroatoms. The Kier molecular flexibility index (Phi) is 3.91. The van der Waals surface area contributed by atoms with Crippen LogP contribution in [0, 0.1) is 0 Å². The number of nitrogens with zero attached hydrogens (tertiary/aromatic N) is 2. The monoisotopic (exact) mass is 295 g/mol. The first-order chi connectivity index (χ1) is 9.30. The topological polar surface area (TPSA) is 47.0 Å². The summed E-state index contributed by atoms with van der Waals surface area (Å²) in [5.74, 6) is 0.738. The number of hydrogen-bond acceptors (Lipinski definition) is 6. The van der Waals surface area contributed by atoms with E-state index in [-0.39, 0.29) is 0 Å². The van der Waals surface area contributed by atoms with E-state index in [0.29, 0.717) is 5.25 Å². The predicted octanol–water partition coefficient (Wildman–Crippen LogP) is 3.18. The van der Waals surface area contributed by atoms with Crippen LogP contribution in [0.2, 0.25) is 0 Å². The Hall–Kier alpha value is -0.850. The summed E-state index contributed by atoms with van der Waals surface area (Å²) in [5.41, 5.74) is 0. The molecule has 1 fully saturated rings. The van der Waals surface area contributed by atoms with Gasteiger partial charge in [-0.2, -0.15) is 0 Å². The molecule has 0 saturated carbocycles. The molecule has 3 rings (SSSR count). The van der Waals surface area contributed by atoms with Crippen molar-refractivity contribution in [3.8, 4) is 0 Å². The summed E-state index contributed by atoms with van der Waals surface area (Å²) in [7, 11) is 0. The van der Waals surface area contributed by atoms with Crippen molar-refractivity contribution in [1.82, 2.24) is 9.97 Å². The molecule has 2 aromatic rings. The van der Waals surface area contributed by atoms with Gasteiger partial charge in [-0.05, 0) is 19.4 Å². The zero-order valence-corrected chi connectivity index (χ0v) is 12.7. The van der Waals surface area contributed by atoms with Crippen LogP contribution in [-0.2, 0) is 11.2 Å². The highest BCUT2D eigenvalue weighted by Gasteiger charge is 2.22. The fraction of sp³-hybridized carbons (Fsp3) is 0.538. The lowest BCUT2D eigenvalue weighted by Gasteiger charge is -2.24. The van der Waals surface area contributed by atoms with Crippen LogP contribution in [0.5, 0.6) is 0 Å². The maximum Gasteiger partial charge on any atom is 0.225 e. The molecule has 0 bridgehead atoms. The molecule has 19 heavy (non-hydrogen) atoms. The number of anilines is 1. The van der Waals surface area contributed by atoms with Crippen LogP contribution in [0.4, 0.5) is 5.95 Å². The molecule has 0 aromatic carbocycles. The normalized spacial score (nSPS) is 15.7. The molecule has 4 nitrogen and oxygen atoms in total. The van der Waals surface area contributed by atoms with E-state index in [1.165, 1.54) is 10.3 Å². The standard InChI is InChI=1S/C13H17N3OS2/c1-3-8-5-10-11(18-8)15-13(14-4-2)16-12(10)19-9-6-17-7-9/h5,9H,3-4,6-7H2,1-2H3,(H,14,15,16). The third-order valence-electron chi connectivity index (χ3n) is 2.98. The number of thiophene rings is 1. The second-order valence-electron chi connectivity index (χ2n) is 4.45. The maximum atomic E-state index is 5.25. The third-order valence-corrected chi connectivity index (χ3v) is 5.29. The van der Waals surface area contributed by atoms with Crippen LogP contribution in [0.15, 0.2) is 11.1 Å². The molecule has 0 amide bonds. The van der Waals surface area contributed by atoms with Crippen molar-refractivity contribution < 1.29 is 4.74 Å². The van der Waals surface area contributed by atoms with Gasteiger partial charge in [-0.25, -0.2) is 9.97 Å². The third kappa shape index (κ3) is 2.70. The largest absolute Gasteiger partial charge is 0.379 e. The highest BCUT2D eigenvalue weighted by Crippen LogP contribution is 2.36. The van der Waals surface area contributed by atoms with E-state index in [0.717, 1.165) is 42.0 Å². The van der Waals surface area contributed by atoms with E-state index >= 15 is 0 Å². The van der Waals surface area contributed by atoms with Gasteiger partial charge in [0.2, 0.25) is 5.95 Å². The number of aryl methyl sites for hydroxylation is 1. The van der Waals surface area contributed by atoms with E-state index in [4.69, 9.17) is 4.74 Å². The Labute approximate surface area is 121 Å². The van der Waals surface area contributed by atoms with Crippen molar-refractivity contribution in [2.45, 2.75) is 30.5 Å². The van der Waals surface area contributed by atoms with Crippen LogP contribution in [0.3, 0.4) is 0 Å². The van der Waals surface area contributed by atoms with Crippen molar-refractivity contribution in [2.24, 2.45) is 0 Å². The van der Waals surface area contributed by atoms with Gasteiger partial charge < -0.3 is 10.1 Å². The number of hydrogen-bond donors (Lipinski definition) is 1. The Morgan fingerprint density at radius 3 is 2.89 bits per heavy atom. The summed E-state index contributed by atoms with van der Waals surface area (Å²) in [5, 5.41) is 6.04. The van der Waals surface area contributed by atoms with E-state index in [1.807, 2.05) is 11.8 Å². The lowest BCUT2D eigenvalue weighted by Crippen LogP contribution is -2.30. The molecule has 1 aliphatic rings. The number of aromatic nitrogens is 2. The van der Waals surface area contributed by atoms with E-state index in [1.54, 1.807) is 11.3 Å². The van der Waals surface area contributed by atoms with Crippen LogP contribution in [0.1, 0.15) is 18.7 Å². The van der Waals surface area contributed by atoms with Crippen molar-refractivity contribution in [3.63, 3.8) is 0 Å². The van der Waals surface area contributed by atoms with Gasteiger partial charge in [0.1, 0.15) is 9.86 Å². The molecule has 0 aliphatic carbocycles. The van der Waals surface area contributed by atoms with Crippen molar-refractivity contribution in [2.75, 3.05) is 25.1 Å². The number of thioether (sulfide) groups is 1. The molecule has 0 radical (unpaired) electrons. The highest BCUT2D eigenvalue weighted by atomic mass is 32.2. The van der Waals surface area contributed by atoms with Crippen LogP contribution in [-0.4, -0.2) is 35.0 Å². The number of ether oxygens (including phenoxy) is 1. The molecular formula is C13H17N3OS2. The van der Waals surface area contributed by atoms with Gasteiger partial charge in [0.25, 0.3) is 0 Å². The average Bonchev–Trinajstić information content (AvgIpc) is 2.77. The Bertz CT molecular complexity index is 581. The molecule has 1 N–H and O–H groups in total. The smallest absolute Gasteiger partial charge is 0.225 e. The quantitative estimate of drug-likeness (QED) is 0.859. The molecule has 0 unspecified atom stereocenters. The fourth-order valence-corrected chi connectivity index (χ4v) is 3.98. The Morgan fingerprint density at radius 2 is 2.26 bits per heavy atom. The van der Waals surface area contributed by atoms with Gasteiger partial charge in [0.15, 0.2) is 0 Å². The first kappa shape index (κ1) is 13.1. The van der Waals surface area contributed by atoms with Crippen LogP contribution in [0.25, 0.3) is 10.2 Å². The van der Waals surface area contributed by atoms with Gasteiger partial charge >= 0.3 is 0 Å². The minimum Gasteiger partial charge on any atom is -0.379 e. The van der Waals surface area contributed by atoms with E-state index < -0.39 is 0 Å². The van der Waals surface area contributed by atoms with Crippen molar-refractivity contribution in [3.05, 3.63) is 10.9 Å². The average molecular weight is 295 g/mol. The molecule has 2 aromatic heterocycles. The molecule has 1 saturated heterocycles. The summed E-state index contributed by atoms with van der Waals surface area (Å²) >= 11 is 3.58. The van der Waals surface area contributed by atoms with Gasteiger partial charge in [-0.3, -0.25) is 0 Å². The van der Waals surface area contributed by atoms with Crippen LogP contribution < -0.4 is 5.32 Å². The Morgan fingerprint density at radius 1 is 1.42 bits per heavy atom. The zero-order chi connectivity index (χ0) is 13.2. The molecule has 102 valence electrons. The fourth-order valence-electron chi connectivity index (χ4n) is 1.89. The van der Waals surface area contributed by atoms with E-state index in [2.05, 4.69) is 35.2 Å². The summed E-state index contributed by atoms with van der Waals surface area (Å²) < 4.78 is 5.25. The van der Waals surface area contributed by atoms with Gasteiger partial charge in [0.05, 0.1) is 18.5 Å². The summed E-state index contributed by atoms with van der Waals surface area (Å²) in [6, 6.07) is 2.23. The summed E-state index contributed by atoms with van der Waals surface area (Å²) in [6.07, 6.45) is 1.05. The van der Waals surface area contributed by atoms with Gasteiger partial charge in [-0.15, -0.1) is 11.3 Å². The molecule has 3 heterocycles. The first-order valence-electron chi connectivity index (χ1n) is 6.59. The first-order valence-corrected chi connectivity index (χ1v) is 8.28. The van der Waals surface area contributed by atoms with Gasteiger partial charge in [0, 0.05) is 16.8 Å². The lowest BCUT2D eigenvalue weighted by atomic mass is 10.3. The van der Waals surface area contributed by atoms with Crippen molar-refractivity contribution >= 4 is 39.3 Å². The lowest BCUT2D eigenvalue weighted by molar-refractivity contribution is 0.0455. The second kappa shape index (κ2) is 5.64. The predicted molar refractivity (Wildman–Crippen MR) is 81.4 cm³/mol. The molecular weight excluding hydrogens is 278 g/mol. The molecule has 1 aliphatic heterocycles. The SMILES string of the molecule is CCNc1nc(SC2COC2)c2cc(CC)sc2n1. The number of nitrogens with one attached hydrogen (secondary N) is 1. The minimum atomic E-state index is 0.539.